The second kappa shape index (κ2) is 10.2. The summed E-state index contributed by atoms with van der Waals surface area (Å²) >= 11 is 12.2. The molecule has 0 atom stereocenters. The minimum absolute atomic E-state index is 0.166. The van der Waals surface area contributed by atoms with Gasteiger partial charge in [0, 0.05) is 17.3 Å². The number of aryl methyl sites for hydroxylation is 1. The van der Waals surface area contributed by atoms with Gasteiger partial charge < -0.3 is 20.1 Å². The maximum Gasteiger partial charge on any atom is 0.262 e. The quantitative estimate of drug-likeness (QED) is 0.451. The summed E-state index contributed by atoms with van der Waals surface area (Å²) in [5, 5.41) is 7.23. The highest BCUT2D eigenvalue weighted by Gasteiger charge is 2.10. The number of anilines is 2. The van der Waals surface area contributed by atoms with Crippen molar-refractivity contribution < 1.29 is 14.3 Å². The van der Waals surface area contributed by atoms with Crippen LogP contribution in [0.15, 0.2) is 60.7 Å². The summed E-state index contributed by atoms with van der Waals surface area (Å²) in [5.74, 6) is 0.711. The summed E-state index contributed by atoms with van der Waals surface area (Å²) in [6, 6.07) is 18.4. The number of nitrogens with one attached hydrogen (secondary N) is 2. The highest BCUT2D eigenvalue weighted by molar-refractivity contribution is 6.33. The third-order valence-corrected chi connectivity index (χ3v) is 5.14. The molecule has 3 aromatic carbocycles. The lowest BCUT2D eigenvalue weighted by molar-refractivity contribution is -0.118. The second-order valence-corrected chi connectivity index (χ2v) is 7.43. The minimum Gasteiger partial charge on any atom is -0.493 e. The molecule has 2 N–H and O–H groups in total. The Morgan fingerprint density at radius 1 is 0.967 bits per heavy atom. The van der Waals surface area contributed by atoms with Crippen molar-refractivity contribution in [2.75, 3.05) is 24.4 Å². The molecule has 30 heavy (non-hydrogen) atoms. The molecule has 0 spiro atoms. The molecule has 0 radical (unpaired) electrons. The van der Waals surface area contributed by atoms with E-state index >= 15 is 0 Å². The Balaban J connectivity index is 1.59. The summed E-state index contributed by atoms with van der Waals surface area (Å²) in [6.07, 6.45) is 0. The summed E-state index contributed by atoms with van der Waals surface area (Å²) in [7, 11) is 1.56. The first-order chi connectivity index (χ1) is 14.5. The Bertz CT molecular complexity index is 1040. The third kappa shape index (κ3) is 5.81. The van der Waals surface area contributed by atoms with Crippen LogP contribution in [0, 0.1) is 6.92 Å². The average molecular weight is 445 g/mol. The van der Waals surface area contributed by atoms with Crippen molar-refractivity contribution in [3.05, 3.63) is 81.8 Å². The fraction of sp³-hybridized carbons (Fsp3) is 0.174. The third-order valence-electron chi connectivity index (χ3n) is 4.40. The molecular formula is C23H22Cl2N2O3. The molecule has 0 heterocycles. The molecule has 3 aromatic rings. The van der Waals surface area contributed by atoms with E-state index in [1.54, 1.807) is 37.4 Å². The van der Waals surface area contributed by atoms with Crippen LogP contribution >= 0.6 is 23.2 Å². The highest BCUT2D eigenvalue weighted by Crippen LogP contribution is 2.29. The molecule has 156 valence electrons. The number of hydrogen-bond acceptors (Lipinski definition) is 4. The van der Waals surface area contributed by atoms with Crippen molar-refractivity contribution in [1.82, 2.24) is 0 Å². The van der Waals surface area contributed by atoms with Crippen molar-refractivity contribution >= 4 is 40.5 Å². The Labute approximate surface area is 185 Å². The van der Waals surface area contributed by atoms with E-state index in [9.17, 15) is 4.79 Å². The first-order valence-corrected chi connectivity index (χ1v) is 10.1. The molecule has 0 aliphatic carbocycles. The highest BCUT2D eigenvalue weighted by atomic mass is 35.5. The lowest BCUT2D eigenvalue weighted by atomic mass is 10.2. The largest absolute Gasteiger partial charge is 0.493 e. The van der Waals surface area contributed by atoms with Crippen LogP contribution in [-0.4, -0.2) is 19.6 Å². The van der Waals surface area contributed by atoms with E-state index in [0.29, 0.717) is 28.8 Å². The number of carbonyl (C=O) groups is 1. The molecule has 0 aromatic heterocycles. The minimum atomic E-state index is -0.313. The van der Waals surface area contributed by atoms with Crippen LogP contribution in [-0.2, 0) is 11.3 Å². The Morgan fingerprint density at radius 3 is 2.50 bits per heavy atom. The zero-order valence-corrected chi connectivity index (χ0v) is 18.2. The van der Waals surface area contributed by atoms with Crippen LogP contribution in [0.1, 0.15) is 11.1 Å². The van der Waals surface area contributed by atoms with Crippen LogP contribution in [0.2, 0.25) is 10.0 Å². The zero-order chi connectivity index (χ0) is 21.5. The number of methoxy groups -OCH3 is 1. The number of halogens is 2. The van der Waals surface area contributed by atoms with E-state index in [1.165, 1.54) is 0 Å². The maximum atomic E-state index is 12.2. The molecule has 0 bridgehead atoms. The van der Waals surface area contributed by atoms with Crippen LogP contribution in [0.4, 0.5) is 11.4 Å². The number of rotatable bonds is 8. The van der Waals surface area contributed by atoms with Gasteiger partial charge in [-0.2, -0.15) is 0 Å². The van der Waals surface area contributed by atoms with Gasteiger partial charge in [-0.25, -0.2) is 0 Å². The number of hydrogen-bond donors (Lipinski definition) is 2. The number of carbonyl (C=O) groups excluding carboxylic acids is 1. The fourth-order valence-electron chi connectivity index (χ4n) is 2.74. The van der Waals surface area contributed by atoms with Gasteiger partial charge in [0.25, 0.3) is 5.91 Å². The van der Waals surface area contributed by atoms with Crippen molar-refractivity contribution in [1.29, 1.82) is 0 Å². The number of para-hydroxylation sites is 1. The van der Waals surface area contributed by atoms with Gasteiger partial charge in [-0.3, -0.25) is 4.79 Å². The molecule has 0 fully saturated rings. The number of amides is 1. The summed E-state index contributed by atoms with van der Waals surface area (Å²) < 4.78 is 11.0. The van der Waals surface area contributed by atoms with E-state index in [4.69, 9.17) is 32.7 Å². The van der Waals surface area contributed by atoms with Gasteiger partial charge >= 0.3 is 0 Å². The normalized spacial score (nSPS) is 10.4. The van der Waals surface area contributed by atoms with Gasteiger partial charge in [-0.1, -0.05) is 47.5 Å². The van der Waals surface area contributed by atoms with Gasteiger partial charge in [0.1, 0.15) is 0 Å². The molecule has 3 rings (SSSR count). The van der Waals surface area contributed by atoms with Crippen LogP contribution < -0.4 is 20.1 Å². The summed E-state index contributed by atoms with van der Waals surface area (Å²) in [5.41, 5.74) is 3.50. The Hall–Kier alpha value is -2.89. The van der Waals surface area contributed by atoms with Gasteiger partial charge in [0.2, 0.25) is 0 Å². The van der Waals surface area contributed by atoms with Crippen molar-refractivity contribution in [3.63, 3.8) is 0 Å². The van der Waals surface area contributed by atoms with E-state index in [2.05, 4.69) is 10.6 Å². The maximum absolute atomic E-state index is 12.2. The van der Waals surface area contributed by atoms with E-state index in [0.717, 1.165) is 21.8 Å². The standard InChI is InChI=1S/C23H22Cl2N2O3/c1-15-7-9-17(12-19(15)25)26-13-16-8-10-21(22(11-16)29-2)30-14-23(28)27-20-6-4-3-5-18(20)24/h3-12,26H,13-14H2,1-2H3,(H,27,28). The predicted molar refractivity (Wildman–Crippen MR) is 122 cm³/mol. The topological polar surface area (TPSA) is 59.6 Å². The Kier molecular flexibility index (Phi) is 7.44. The molecular weight excluding hydrogens is 423 g/mol. The molecule has 5 nitrogen and oxygen atoms in total. The molecule has 0 aliphatic rings. The zero-order valence-electron chi connectivity index (χ0n) is 16.7. The molecule has 0 unspecified atom stereocenters. The smallest absolute Gasteiger partial charge is 0.262 e. The first-order valence-electron chi connectivity index (χ1n) is 9.30. The molecule has 0 saturated carbocycles. The van der Waals surface area contributed by atoms with Gasteiger partial charge in [-0.05, 0) is 54.4 Å². The van der Waals surface area contributed by atoms with Crippen LogP contribution in [0.5, 0.6) is 11.5 Å². The van der Waals surface area contributed by atoms with Crippen molar-refractivity contribution in [2.24, 2.45) is 0 Å². The van der Waals surface area contributed by atoms with Gasteiger partial charge in [0.15, 0.2) is 18.1 Å². The van der Waals surface area contributed by atoms with E-state index in [1.807, 2.05) is 37.3 Å². The lowest BCUT2D eigenvalue weighted by Gasteiger charge is -2.13. The molecule has 0 aliphatic heterocycles. The van der Waals surface area contributed by atoms with Gasteiger partial charge in [0.05, 0.1) is 17.8 Å². The van der Waals surface area contributed by atoms with E-state index in [-0.39, 0.29) is 12.5 Å². The van der Waals surface area contributed by atoms with Gasteiger partial charge in [-0.15, -0.1) is 0 Å². The number of ether oxygens (including phenoxy) is 2. The Morgan fingerprint density at radius 2 is 1.77 bits per heavy atom. The monoisotopic (exact) mass is 444 g/mol. The second-order valence-electron chi connectivity index (χ2n) is 6.62. The molecule has 1 amide bonds. The lowest BCUT2D eigenvalue weighted by Crippen LogP contribution is -2.20. The van der Waals surface area contributed by atoms with Crippen molar-refractivity contribution in [2.45, 2.75) is 13.5 Å². The van der Waals surface area contributed by atoms with Crippen molar-refractivity contribution in [3.8, 4) is 11.5 Å². The summed E-state index contributed by atoms with van der Waals surface area (Å²) in [4.78, 5) is 12.2. The van der Waals surface area contributed by atoms with Crippen LogP contribution in [0.25, 0.3) is 0 Å². The van der Waals surface area contributed by atoms with E-state index < -0.39 is 0 Å². The fourth-order valence-corrected chi connectivity index (χ4v) is 3.10. The van der Waals surface area contributed by atoms with Crippen LogP contribution in [0.3, 0.4) is 0 Å². The predicted octanol–water partition coefficient (Wildman–Crippen LogP) is 5.94. The molecule has 0 saturated heterocycles. The first kappa shape index (κ1) is 21.8. The number of benzene rings is 3. The SMILES string of the molecule is COc1cc(CNc2ccc(C)c(Cl)c2)ccc1OCC(=O)Nc1ccccc1Cl. The average Bonchev–Trinajstić information content (AvgIpc) is 2.75. The summed E-state index contributed by atoms with van der Waals surface area (Å²) in [6.45, 7) is 2.38. The molecule has 7 heteroatoms.